The van der Waals surface area contributed by atoms with Gasteiger partial charge >= 0.3 is 0 Å². The molecule has 0 atom stereocenters. The lowest BCUT2D eigenvalue weighted by Gasteiger charge is -2.13. The average molecular weight is 395 g/mol. The van der Waals surface area contributed by atoms with Gasteiger partial charge in [-0.25, -0.2) is 0 Å². The lowest BCUT2D eigenvalue weighted by atomic mass is 10.1. The van der Waals surface area contributed by atoms with Crippen molar-refractivity contribution in [3.05, 3.63) is 71.3 Å². The Balaban J connectivity index is 1.62. The standard InChI is InChI=1S/C24H34N4O/c1-25-24(26-17-9-5-8-13-20-11-6-4-7-12-20)27-18-16-21-14-10-15-22(19-21)23(29)28(2)3/h4,6-7,10-12,14-15,19H,5,8-9,13,16-18H2,1-3H3,(H2,25,26,27). The summed E-state index contributed by atoms with van der Waals surface area (Å²) >= 11 is 0. The van der Waals surface area contributed by atoms with Crippen molar-refractivity contribution in [2.75, 3.05) is 34.2 Å². The maximum absolute atomic E-state index is 12.1. The van der Waals surface area contributed by atoms with E-state index in [0.717, 1.165) is 49.4 Å². The number of carbonyl (C=O) groups is 1. The van der Waals surface area contributed by atoms with Crippen molar-refractivity contribution < 1.29 is 4.79 Å². The molecule has 2 rings (SSSR count). The number of rotatable bonds is 10. The van der Waals surface area contributed by atoms with Gasteiger partial charge < -0.3 is 15.5 Å². The number of unbranched alkanes of at least 4 members (excludes halogenated alkanes) is 2. The number of guanidine groups is 1. The molecule has 0 aromatic heterocycles. The van der Waals surface area contributed by atoms with Crippen molar-refractivity contribution in [2.45, 2.75) is 32.1 Å². The van der Waals surface area contributed by atoms with Crippen LogP contribution in [0, 0.1) is 0 Å². The average Bonchev–Trinajstić information content (AvgIpc) is 2.75. The van der Waals surface area contributed by atoms with E-state index < -0.39 is 0 Å². The molecule has 1 amide bonds. The zero-order valence-corrected chi connectivity index (χ0v) is 17.9. The minimum atomic E-state index is 0.0320. The zero-order chi connectivity index (χ0) is 20.9. The molecule has 0 aliphatic rings. The largest absolute Gasteiger partial charge is 0.356 e. The van der Waals surface area contributed by atoms with Gasteiger partial charge in [-0.1, -0.05) is 48.9 Å². The van der Waals surface area contributed by atoms with Crippen LogP contribution in [0.3, 0.4) is 0 Å². The molecular weight excluding hydrogens is 360 g/mol. The molecule has 2 aromatic carbocycles. The Morgan fingerprint density at radius 1 is 0.862 bits per heavy atom. The number of aryl methyl sites for hydroxylation is 1. The van der Waals surface area contributed by atoms with Gasteiger partial charge in [0.15, 0.2) is 5.96 Å². The first kappa shape index (κ1) is 22.5. The fourth-order valence-electron chi connectivity index (χ4n) is 3.15. The van der Waals surface area contributed by atoms with Gasteiger partial charge in [-0.2, -0.15) is 0 Å². The van der Waals surface area contributed by atoms with E-state index in [1.807, 2.05) is 18.2 Å². The summed E-state index contributed by atoms with van der Waals surface area (Å²) in [5, 5.41) is 6.73. The number of aliphatic imine (C=N–C) groups is 1. The van der Waals surface area contributed by atoms with Crippen LogP contribution in [0.25, 0.3) is 0 Å². The van der Waals surface area contributed by atoms with Gasteiger partial charge in [-0.05, 0) is 48.9 Å². The number of nitrogens with one attached hydrogen (secondary N) is 2. The van der Waals surface area contributed by atoms with E-state index in [2.05, 4.69) is 52.0 Å². The maximum atomic E-state index is 12.1. The minimum absolute atomic E-state index is 0.0320. The van der Waals surface area contributed by atoms with Crippen molar-refractivity contribution >= 4 is 11.9 Å². The van der Waals surface area contributed by atoms with Crippen LogP contribution in [0.4, 0.5) is 0 Å². The second-order valence-electron chi connectivity index (χ2n) is 7.37. The molecule has 29 heavy (non-hydrogen) atoms. The van der Waals surface area contributed by atoms with Crippen LogP contribution in [0.1, 0.15) is 40.7 Å². The van der Waals surface area contributed by atoms with E-state index >= 15 is 0 Å². The number of carbonyl (C=O) groups excluding carboxylic acids is 1. The van der Waals surface area contributed by atoms with Gasteiger partial charge in [0.1, 0.15) is 0 Å². The van der Waals surface area contributed by atoms with Crippen LogP contribution < -0.4 is 10.6 Å². The summed E-state index contributed by atoms with van der Waals surface area (Å²) < 4.78 is 0. The molecule has 2 N–H and O–H groups in total. The highest BCUT2D eigenvalue weighted by molar-refractivity contribution is 5.94. The Kier molecular flexibility index (Phi) is 9.76. The highest BCUT2D eigenvalue weighted by Crippen LogP contribution is 2.08. The number of benzene rings is 2. The Labute approximate surface area is 175 Å². The molecule has 0 fully saturated rings. The first-order valence-electron chi connectivity index (χ1n) is 10.4. The Hall–Kier alpha value is -2.82. The molecule has 0 saturated heterocycles. The van der Waals surface area contributed by atoms with Gasteiger partial charge in [0.25, 0.3) is 5.91 Å². The summed E-state index contributed by atoms with van der Waals surface area (Å²) in [5.74, 6) is 0.859. The molecule has 2 aromatic rings. The van der Waals surface area contributed by atoms with Crippen LogP contribution >= 0.6 is 0 Å². The van der Waals surface area contributed by atoms with E-state index in [4.69, 9.17) is 0 Å². The first-order valence-corrected chi connectivity index (χ1v) is 10.4. The third-order valence-electron chi connectivity index (χ3n) is 4.79. The van der Waals surface area contributed by atoms with Crippen LogP contribution in [0.5, 0.6) is 0 Å². The minimum Gasteiger partial charge on any atom is -0.356 e. The predicted octanol–water partition coefficient (Wildman–Crippen LogP) is 3.51. The summed E-state index contributed by atoms with van der Waals surface area (Å²) in [5.41, 5.74) is 3.28. The monoisotopic (exact) mass is 394 g/mol. The molecule has 0 unspecified atom stereocenters. The highest BCUT2D eigenvalue weighted by atomic mass is 16.2. The number of hydrogen-bond donors (Lipinski definition) is 2. The molecule has 0 aliphatic heterocycles. The van der Waals surface area contributed by atoms with E-state index in [0.29, 0.717) is 0 Å². The SMILES string of the molecule is CN=C(NCCCCCc1ccccc1)NCCc1cccc(C(=O)N(C)C)c1. The molecule has 0 bridgehead atoms. The van der Waals surface area contributed by atoms with Gasteiger partial charge in [0.05, 0.1) is 0 Å². The smallest absolute Gasteiger partial charge is 0.253 e. The van der Waals surface area contributed by atoms with Gasteiger partial charge in [-0.3, -0.25) is 9.79 Å². The third-order valence-corrected chi connectivity index (χ3v) is 4.79. The molecule has 156 valence electrons. The van der Waals surface area contributed by atoms with Crippen molar-refractivity contribution in [2.24, 2.45) is 4.99 Å². The molecule has 0 heterocycles. The van der Waals surface area contributed by atoms with Gasteiger partial charge in [0.2, 0.25) is 0 Å². The van der Waals surface area contributed by atoms with Crippen molar-refractivity contribution in [3.63, 3.8) is 0 Å². The van der Waals surface area contributed by atoms with E-state index in [9.17, 15) is 4.79 Å². The summed E-state index contributed by atoms with van der Waals surface area (Å²) in [6.07, 6.45) is 5.52. The van der Waals surface area contributed by atoms with Crippen LogP contribution in [-0.2, 0) is 12.8 Å². The number of nitrogens with zero attached hydrogens (tertiary/aromatic N) is 2. The van der Waals surface area contributed by atoms with Gasteiger partial charge in [0, 0.05) is 39.8 Å². The molecule has 5 nitrogen and oxygen atoms in total. The summed E-state index contributed by atoms with van der Waals surface area (Å²) in [4.78, 5) is 18.0. The molecule has 0 radical (unpaired) electrons. The quantitative estimate of drug-likeness (QED) is 0.368. The van der Waals surface area contributed by atoms with Crippen molar-refractivity contribution in [1.29, 1.82) is 0 Å². The van der Waals surface area contributed by atoms with E-state index in [1.165, 1.54) is 18.4 Å². The molecular formula is C24H34N4O. The fraction of sp³-hybridized carbons (Fsp3) is 0.417. The third kappa shape index (κ3) is 8.38. The fourth-order valence-corrected chi connectivity index (χ4v) is 3.15. The van der Waals surface area contributed by atoms with Crippen LogP contribution in [0.15, 0.2) is 59.6 Å². The Bertz CT molecular complexity index is 771. The Morgan fingerprint density at radius 2 is 1.59 bits per heavy atom. The molecule has 0 spiro atoms. The lowest BCUT2D eigenvalue weighted by molar-refractivity contribution is 0.0827. The topological polar surface area (TPSA) is 56.7 Å². The van der Waals surface area contributed by atoms with Crippen LogP contribution in [0.2, 0.25) is 0 Å². The summed E-state index contributed by atoms with van der Waals surface area (Å²) in [7, 11) is 5.34. The molecule has 0 aliphatic carbocycles. The Morgan fingerprint density at radius 3 is 2.31 bits per heavy atom. The zero-order valence-electron chi connectivity index (χ0n) is 17.9. The van der Waals surface area contributed by atoms with Crippen molar-refractivity contribution in [3.8, 4) is 0 Å². The second-order valence-corrected chi connectivity index (χ2v) is 7.37. The second kappa shape index (κ2) is 12.6. The molecule has 5 heteroatoms. The summed E-state index contributed by atoms with van der Waals surface area (Å²) in [6, 6.07) is 18.5. The number of amides is 1. The number of hydrogen-bond acceptors (Lipinski definition) is 2. The van der Waals surface area contributed by atoms with Gasteiger partial charge in [-0.15, -0.1) is 0 Å². The molecule has 0 saturated carbocycles. The van der Waals surface area contributed by atoms with Crippen molar-refractivity contribution in [1.82, 2.24) is 15.5 Å². The van der Waals surface area contributed by atoms with E-state index in [-0.39, 0.29) is 5.91 Å². The van der Waals surface area contributed by atoms with E-state index in [1.54, 1.807) is 26.0 Å². The first-order chi connectivity index (χ1) is 14.1. The highest BCUT2D eigenvalue weighted by Gasteiger charge is 2.08. The summed E-state index contributed by atoms with van der Waals surface area (Å²) in [6.45, 7) is 1.69. The lowest BCUT2D eigenvalue weighted by Crippen LogP contribution is -2.38. The predicted molar refractivity (Wildman–Crippen MR) is 122 cm³/mol. The normalized spacial score (nSPS) is 11.2. The maximum Gasteiger partial charge on any atom is 0.253 e. The van der Waals surface area contributed by atoms with Crippen LogP contribution in [-0.4, -0.2) is 51.0 Å².